The number of likely N-dealkylation sites (tertiary alicyclic amines) is 1. The molecule has 2 heterocycles. The molecule has 30 heavy (non-hydrogen) atoms. The van der Waals surface area contributed by atoms with Gasteiger partial charge in [-0.1, -0.05) is 37.3 Å². The highest BCUT2D eigenvalue weighted by Gasteiger charge is 2.51. The van der Waals surface area contributed by atoms with Crippen LogP contribution in [0.5, 0.6) is 5.75 Å². The van der Waals surface area contributed by atoms with Crippen molar-refractivity contribution in [1.82, 2.24) is 10.2 Å². The number of nitrogens with one attached hydrogen (secondary N) is 1. The number of hydrogen-bond acceptors (Lipinski definition) is 4. The number of fused-ring (bicyclic) bond motifs is 1. The summed E-state index contributed by atoms with van der Waals surface area (Å²) >= 11 is 0. The van der Waals surface area contributed by atoms with Gasteiger partial charge in [-0.25, -0.2) is 0 Å². The van der Waals surface area contributed by atoms with E-state index in [1.165, 1.54) is 0 Å². The first-order valence-corrected chi connectivity index (χ1v) is 10.6. The third kappa shape index (κ3) is 3.92. The van der Waals surface area contributed by atoms with Gasteiger partial charge in [0.25, 0.3) is 5.91 Å². The number of carbonyl (C=O) groups is 2. The molecule has 6 heteroatoms. The van der Waals surface area contributed by atoms with Gasteiger partial charge in [-0.3, -0.25) is 9.59 Å². The number of rotatable bonds is 7. The van der Waals surface area contributed by atoms with Crippen molar-refractivity contribution in [1.29, 1.82) is 0 Å². The van der Waals surface area contributed by atoms with Crippen LogP contribution in [0.25, 0.3) is 0 Å². The molecule has 2 aromatic rings. The minimum Gasteiger partial charge on any atom is -0.493 e. The summed E-state index contributed by atoms with van der Waals surface area (Å²) in [6.07, 6.45) is 2.03. The summed E-state index contributed by atoms with van der Waals surface area (Å²) in [5.41, 5.74) is 2.07. The molecule has 1 atom stereocenters. The second-order valence-corrected chi connectivity index (χ2v) is 8.29. The highest BCUT2D eigenvalue weighted by atomic mass is 16.5. The number of nitrogens with zero attached hydrogens (tertiary/aromatic N) is 1. The van der Waals surface area contributed by atoms with Crippen LogP contribution in [0, 0.1) is 5.41 Å². The number of hydrogen-bond donors (Lipinski definition) is 2. The van der Waals surface area contributed by atoms with Gasteiger partial charge < -0.3 is 20.1 Å². The van der Waals surface area contributed by atoms with E-state index in [2.05, 4.69) is 5.32 Å². The molecule has 4 rings (SSSR count). The number of benzene rings is 2. The van der Waals surface area contributed by atoms with Crippen molar-refractivity contribution >= 4 is 11.8 Å². The van der Waals surface area contributed by atoms with E-state index in [0.717, 1.165) is 23.3 Å². The van der Waals surface area contributed by atoms with Crippen LogP contribution in [0.3, 0.4) is 0 Å². The fourth-order valence-corrected chi connectivity index (χ4v) is 4.27. The largest absolute Gasteiger partial charge is 0.493 e. The van der Waals surface area contributed by atoms with Gasteiger partial charge in [0, 0.05) is 25.1 Å². The van der Waals surface area contributed by atoms with Gasteiger partial charge >= 0.3 is 0 Å². The molecule has 0 aromatic heterocycles. The molecule has 2 amide bonds. The lowest BCUT2D eigenvalue weighted by atomic mass is 9.73. The summed E-state index contributed by atoms with van der Waals surface area (Å²) in [4.78, 5) is 27.9. The zero-order chi connectivity index (χ0) is 21.1. The maximum absolute atomic E-state index is 13.2. The Balaban J connectivity index is 1.51. The standard InChI is InChI=1S/C24H28N2O4/c1-2-20(14-27)25-23(29)24(13-17-6-4-3-5-7-17)15-26(16-24)22(28)19-8-9-21-18(12-19)10-11-30-21/h3-9,12,20,27H,2,10-11,13-16H2,1H3,(H,25,29). The average molecular weight is 408 g/mol. The molecular weight excluding hydrogens is 380 g/mol. The van der Waals surface area contributed by atoms with Crippen molar-refractivity contribution in [3.63, 3.8) is 0 Å². The summed E-state index contributed by atoms with van der Waals surface area (Å²) in [5, 5.41) is 12.5. The smallest absolute Gasteiger partial charge is 0.253 e. The van der Waals surface area contributed by atoms with Crippen LogP contribution in [0.4, 0.5) is 0 Å². The highest BCUT2D eigenvalue weighted by Crippen LogP contribution is 2.36. The molecule has 0 bridgehead atoms. The SMILES string of the molecule is CCC(CO)NC(=O)C1(Cc2ccccc2)CN(C(=O)c2ccc3c(c2)CCO3)C1. The molecule has 0 aliphatic carbocycles. The fourth-order valence-electron chi connectivity index (χ4n) is 4.27. The quantitative estimate of drug-likeness (QED) is 0.736. The second-order valence-electron chi connectivity index (χ2n) is 8.29. The zero-order valence-electron chi connectivity index (χ0n) is 17.3. The molecule has 2 aromatic carbocycles. The molecule has 0 radical (unpaired) electrons. The van der Waals surface area contributed by atoms with Gasteiger partial charge in [0.05, 0.1) is 24.7 Å². The normalized spacial score (nSPS) is 17.5. The lowest BCUT2D eigenvalue weighted by Crippen LogP contribution is -2.66. The zero-order valence-corrected chi connectivity index (χ0v) is 17.3. The Hall–Kier alpha value is -2.86. The summed E-state index contributed by atoms with van der Waals surface area (Å²) < 4.78 is 5.52. The van der Waals surface area contributed by atoms with Gasteiger partial charge in [-0.15, -0.1) is 0 Å². The van der Waals surface area contributed by atoms with Crippen LogP contribution < -0.4 is 10.1 Å². The molecule has 1 fully saturated rings. The molecule has 2 aliphatic rings. The number of aliphatic hydroxyl groups is 1. The van der Waals surface area contributed by atoms with E-state index in [1.54, 1.807) is 11.0 Å². The monoisotopic (exact) mass is 408 g/mol. The third-order valence-electron chi connectivity index (χ3n) is 6.13. The van der Waals surface area contributed by atoms with Gasteiger partial charge in [0.15, 0.2) is 0 Å². The van der Waals surface area contributed by atoms with Crippen molar-refractivity contribution in [3.8, 4) is 5.75 Å². The third-order valence-corrected chi connectivity index (χ3v) is 6.13. The van der Waals surface area contributed by atoms with E-state index < -0.39 is 5.41 Å². The molecular formula is C24H28N2O4. The van der Waals surface area contributed by atoms with Crippen LogP contribution in [0.15, 0.2) is 48.5 Å². The number of ether oxygens (including phenoxy) is 1. The Morgan fingerprint density at radius 2 is 1.97 bits per heavy atom. The van der Waals surface area contributed by atoms with E-state index in [1.807, 2.05) is 49.4 Å². The average Bonchev–Trinajstić information content (AvgIpc) is 3.22. The molecule has 0 saturated carbocycles. The van der Waals surface area contributed by atoms with Gasteiger partial charge in [-0.05, 0) is 42.2 Å². The molecule has 1 unspecified atom stereocenters. The number of aliphatic hydroxyl groups excluding tert-OH is 1. The molecule has 158 valence electrons. The summed E-state index contributed by atoms with van der Waals surface area (Å²) in [5.74, 6) is 0.691. The fraction of sp³-hybridized carbons (Fsp3) is 0.417. The minimum atomic E-state index is -0.681. The maximum Gasteiger partial charge on any atom is 0.253 e. The van der Waals surface area contributed by atoms with E-state index in [-0.39, 0.29) is 24.5 Å². The Kier molecular flexibility index (Phi) is 5.77. The van der Waals surface area contributed by atoms with Crippen LogP contribution in [-0.4, -0.2) is 54.2 Å². The number of amides is 2. The number of carbonyl (C=O) groups excluding carboxylic acids is 2. The lowest BCUT2D eigenvalue weighted by molar-refractivity contribution is -0.140. The highest BCUT2D eigenvalue weighted by molar-refractivity contribution is 5.97. The van der Waals surface area contributed by atoms with Crippen LogP contribution in [-0.2, 0) is 17.6 Å². The summed E-state index contributed by atoms with van der Waals surface area (Å²) in [6, 6.07) is 15.1. The predicted molar refractivity (Wildman–Crippen MR) is 113 cm³/mol. The van der Waals surface area contributed by atoms with Crippen LogP contribution >= 0.6 is 0 Å². The maximum atomic E-state index is 13.2. The Labute approximate surface area is 176 Å². The van der Waals surface area contributed by atoms with Gasteiger partial charge in [0.2, 0.25) is 5.91 Å². The van der Waals surface area contributed by atoms with Gasteiger partial charge in [-0.2, -0.15) is 0 Å². The first kappa shape index (κ1) is 20.4. The topological polar surface area (TPSA) is 78.9 Å². The van der Waals surface area contributed by atoms with Crippen molar-refractivity contribution in [2.24, 2.45) is 5.41 Å². The summed E-state index contributed by atoms with van der Waals surface area (Å²) in [7, 11) is 0. The summed E-state index contributed by atoms with van der Waals surface area (Å²) in [6.45, 7) is 3.22. The van der Waals surface area contributed by atoms with Crippen molar-refractivity contribution in [3.05, 3.63) is 65.2 Å². The Morgan fingerprint density at radius 1 is 1.20 bits per heavy atom. The Morgan fingerprint density at radius 3 is 2.67 bits per heavy atom. The first-order chi connectivity index (χ1) is 14.5. The lowest BCUT2D eigenvalue weighted by Gasteiger charge is -2.49. The van der Waals surface area contributed by atoms with Gasteiger partial charge in [0.1, 0.15) is 5.75 Å². The molecule has 2 aliphatic heterocycles. The first-order valence-electron chi connectivity index (χ1n) is 10.6. The van der Waals surface area contributed by atoms with Crippen LogP contribution in [0.1, 0.15) is 34.8 Å². The molecule has 2 N–H and O–H groups in total. The van der Waals surface area contributed by atoms with Crippen molar-refractivity contribution < 1.29 is 19.4 Å². The van der Waals surface area contributed by atoms with Crippen LogP contribution in [0.2, 0.25) is 0 Å². The van der Waals surface area contributed by atoms with E-state index >= 15 is 0 Å². The van der Waals surface area contributed by atoms with Crippen molar-refractivity contribution in [2.75, 3.05) is 26.3 Å². The predicted octanol–water partition coefficient (Wildman–Crippen LogP) is 2.19. The molecule has 0 spiro atoms. The Bertz CT molecular complexity index is 918. The molecule has 1 saturated heterocycles. The minimum absolute atomic E-state index is 0.0598. The van der Waals surface area contributed by atoms with E-state index in [4.69, 9.17) is 4.74 Å². The van der Waals surface area contributed by atoms with Crippen molar-refractivity contribution in [2.45, 2.75) is 32.2 Å². The molecule has 6 nitrogen and oxygen atoms in total. The van der Waals surface area contributed by atoms with E-state index in [9.17, 15) is 14.7 Å². The van der Waals surface area contributed by atoms with E-state index in [0.29, 0.717) is 38.1 Å². The second kappa shape index (κ2) is 8.48.